The molecule has 0 saturated heterocycles. The number of rotatable bonds is 6. The fourth-order valence-corrected chi connectivity index (χ4v) is 3.82. The summed E-state index contributed by atoms with van der Waals surface area (Å²) >= 11 is 6.11. The van der Waals surface area contributed by atoms with Gasteiger partial charge in [-0.25, -0.2) is 9.48 Å². The van der Waals surface area contributed by atoms with Crippen LogP contribution in [0.3, 0.4) is 0 Å². The number of ether oxygens (including phenoxy) is 1. The number of halogens is 1. The summed E-state index contributed by atoms with van der Waals surface area (Å²) in [6.45, 7) is 1.81. The van der Waals surface area contributed by atoms with Crippen molar-refractivity contribution in [1.29, 1.82) is 0 Å². The number of para-hydroxylation sites is 1. The van der Waals surface area contributed by atoms with E-state index in [1.54, 1.807) is 17.7 Å². The van der Waals surface area contributed by atoms with Crippen molar-refractivity contribution in [2.75, 3.05) is 0 Å². The van der Waals surface area contributed by atoms with Gasteiger partial charge in [0.1, 0.15) is 0 Å². The van der Waals surface area contributed by atoms with E-state index in [-0.39, 0.29) is 18.1 Å². The highest BCUT2D eigenvalue weighted by Crippen LogP contribution is 2.28. The lowest BCUT2D eigenvalue weighted by molar-refractivity contribution is -0.129. The van der Waals surface area contributed by atoms with E-state index >= 15 is 0 Å². The molecule has 7 heteroatoms. The first-order valence-corrected chi connectivity index (χ1v) is 10.3. The molecule has 0 fully saturated rings. The van der Waals surface area contributed by atoms with E-state index in [0.29, 0.717) is 5.02 Å². The first kappa shape index (κ1) is 20.2. The predicted molar refractivity (Wildman–Crippen MR) is 114 cm³/mol. The Bertz CT molecular complexity index is 1080. The molecule has 1 unspecified atom stereocenters. The molecule has 0 bridgehead atoms. The molecule has 1 aliphatic carbocycles. The van der Waals surface area contributed by atoms with Crippen molar-refractivity contribution >= 4 is 23.5 Å². The summed E-state index contributed by atoms with van der Waals surface area (Å²) in [5, 5.41) is 7.84. The Labute approximate surface area is 179 Å². The summed E-state index contributed by atoms with van der Waals surface area (Å²) in [4.78, 5) is 25.2. The van der Waals surface area contributed by atoms with Crippen LogP contribution in [0.25, 0.3) is 5.69 Å². The van der Waals surface area contributed by atoms with Gasteiger partial charge >= 0.3 is 5.97 Å². The van der Waals surface area contributed by atoms with Crippen LogP contribution >= 0.6 is 11.6 Å². The molecule has 0 saturated carbocycles. The smallest absolute Gasteiger partial charge is 0.359 e. The average molecular weight is 424 g/mol. The van der Waals surface area contributed by atoms with Crippen molar-refractivity contribution in [3.05, 3.63) is 82.1 Å². The minimum atomic E-state index is -0.945. The van der Waals surface area contributed by atoms with Crippen molar-refractivity contribution in [1.82, 2.24) is 15.1 Å². The van der Waals surface area contributed by atoms with Gasteiger partial charge in [-0.3, -0.25) is 4.79 Å². The number of nitrogens with zero attached hydrogens (tertiary/aromatic N) is 2. The lowest BCUT2D eigenvalue weighted by Crippen LogP contribution is -2.35. The molecule has 1 aliphatic rings. The van der Waals surface area contributed by atoms with Crippen LogP contribution in [-0.4, -0.2) is 27.8 Å². The third-order valence-electron chi connectivity index (χ3n) is 5.19. The zero-order valence-electron chi connectivity index (χ0n) is 16.6. The van der Waals surface area contributed by atoms with Crippen molar-refractivity contribution < 1.29 is 14.3 Å². The fraction of sp³-hybridized carbons (Fsp3) is 0.261. The Kier molecular flexibility index (Phi) is 5.86. The molecule has 154 valence electrons. The Hall–Kier alpha value is -3.12. The van der Waals surface area contributed by atoms with Gasteiger partial charge in [-0.1, -0.05) is 48.0 Å². The van der Waals surface area contributed by atoms with Gasteiger partial charge in [0.2, 0.25) is 0 Å². The minimum absolute atomic E-state index is 0.262. The largest absolute Gasteiger partial charge is 0.448 e. The maximum absolute atomic E-state index is 12.8. The second-order valence-electron chi connectivity index (χ2n) is 7.23. The Morgan fingerprint density at radius 2 is 1.87 bits per heavy atom. The van der Waals surface area contributed by atoms with Gasteiger partial charge in [-0.15, -0.1) is 0 Å². The molecule has 1 heterocycles. The first-order chi connectivity index (χ1) is 14.5. The van der Waals surface area contributed by atoms with Gasteiger partial charge < -0.3 is 10.1 Å². The standard InChI is InChI=1S/C23H22ClN3O3/c1-15(22(28)25-14-16-8-5-6-12-19(16)24)30-23(29)21-18-11-7-13-20(18)27(26-21)17-9-3-2-4-10-17/h2-6,8-10,12,15H,7,11,13-14H2,1H3,(H,25,28). The topological polar surface area (TPSA) is 73.2 Å². The van der Waals surface area contributed by atoms with E-state index in [9.17, 15) is 9.59 Å². The maximum Gasteiger partial charge on any atom is 0.359 e. The summed E-state index contributed by atoms with van der Waals surface area (Å²) in [6.07, 6.45) is 1.66. The molecule has 4 rings (SSSR count). The fourth-order valence-electron chi connectivity index (χ4n) is 3.62. The van der Waals surface area contributed by atoms with E-state index in [0.717, 1.165) is 41.8 Å². The van der Waals surface area contributed by atoms with Gasteiger partial charge in [0.25, 0.3) is 5.91 Å². The third-order valence-corrected chi connectivity index (χ3v) is 5.56. The first-order valence-electron chi connectivity index (χ1n) is 9.93. The molecule has 1 N–H and O–H groups in total. The number of hydrogen-bond acceptors (Lipinski definition) is 4. The molecule has 6 nitrogen and oxygen atoms in total. The number of carbonyl (C=O) groups is 2. The summed E-state index contributed by atoms with van der Waals surface area (Å²) in [5.41, 5.74) is 3.93. The lowest BCUT2D eigenvalue weighted by atomic mass is 10.2. The molecule has 3 aromatic rings. The van der Waals surface area contributed by atoms with E-state index in [1.807, 2.05) is 48.5 Å². The number of fused-ring (bicyclic) bond motifs is 1. The highest BCUT2D eigenvalue weighted by Gasteiger charge is 2.29. The molecule has 2 aromatic carbocycles. The average Bonchev–Trinajstić information content (AvgIpc) is 3.36. The van der Waals surface area contributed by atoms with Crippen molar-refractivity contribution in [2.45, 2.75) is 38.8 Å². The second-order valence-corrected chi connectivity index (χ2v) is 7.64. The zero-order valence-corrected chi connectivity index (χ0v) is 17.4. The molecule has 0 aliphatic heterocycles. The molecular weight excluding hydrogens is 402 g/mol. The summed E-state index contributed by atoms with van der Waals surface area (Å²) < 4.78 is 7.24. The Morgan fingerprint density at radius 3 is 2.63 bits per heavy atom. The molecule has 1 amide bonds. The number of amides is 1. The number of carbonyl (C=O) groups excluding carboxylic acids is 2. The third kappa shape index (κ3) is 4.09. The normalized spacial score (nSPS) is 13.5. The Morgan fingerprint density at radius 1 is 1.13 bits per heavy atom. The molecule has 0 radical (unpaired) electrons. The highest BCUT2D eigenvalue weighted by molar-refractivity contribution is 6.31. The zero-order chi connectivity index (χ0) is 21.1. The number of aromatic nitrogens is 2. The summed E-state index contributed by atoms with van der Waals surface area (Å²) in [5.74, 6) is -0.967. The van der Waals surface area contributed by atoms with Crippen molar-refractivity contribution in [3.8, 4) is 5.69 Å². The number of nitrogens with one attached hydrogen (secondary N) is 1. The van der Waals surface area contributed by atoms with E-state index in [2.05, 4.69) is 10.4 Å². The van der Waals surface area contributed by atoms with Gasteiger partial charge in [-0.05, 0) is 49.9 Å². The van der Waals surface area contributed by atoms with Gasteiger partial charge in [0.15, 0.2) is 11.8 Å². The van der Waals surface area contributed by atoms with E-state index in [4.69, 9.17) is 16.3 Å². The van der Waals surface area contributed by atoms with Crippen LogP contribution < -0.4 is 5.32 Å². The van der Waals surface area contributed by atoms with Crippen LogP contribution in [0.2, 0.25) is 5.02 Å². The molecule has 0 spiro atoms. The van der Waals surface area contributed by atoms with E-state index in [1.165, 1.54) is 0 Å². The molecular formula is C23H22ClN3O3. The van der Waals surface area contributed by atoms with Crippen molar-refractivity contribution in [2.24, 2.45) is 0 Å². The highest BCUT2D eigenvalue weighted by atomic mass is 35.5. The SMILES string of the molecule is CC(OC(=O)c1nn(-c2ccccc2)c2c1CCC2)C(=O)NCc1ccccc1Cl. The molecule has 1 aromatic heterocycles. The molecule has 30 heavy (non-hydrogen) atoms. The van der Waals surface area contributed by atoms with Crippen LogP contribution in [0.15, 0.2) is 54.6 Å². The van der Waals surface area contributed by atoms with Gasteiger partial charge in [0, 0.05) is 22.8 Å². The predicted octanol–water partition coefficient (Wildman–Crippen LogP) is 3.88. The van der Waals surface area contributed by atoms with Crippen LogP contribution in [0.5, 0.6) is 0 Å². The summed E-state index contributed by atoms with van der Waals surface area (Å²) in [6, 6.07) is 17.0. The molecule has 1 atom stereocenters. The van der Waals surface area contributed by atoms with Crippen molar-refractivity contribution in [3.63, 3.8) is 0 Å². The number of benzene rings is 2. The summed E-state index contributed by atoms with van der Waals surface area (Å²) in [7, 11) is 0. The lowest BCUT2D eigenvalue weighted by Gasteiger charge is -2.13. The quantitative estimate of drug-likeness (QED) is 0.611. The monoisotopic (exact) mass is 423 g/mol. The van der Waals surface area contributed by atoms with Crippen LogP contribution in [0.1, 0.15) is 40.7 Å². The van der Waals surface area contributed by atoms with Crippen LogP contribution in [0, 0.1) is 0 Å². The van der Waals surface area contributed by atoms with Gasteiger partial charge in [-0.2, -0.15) is 5.10 Å². The Balaban J connectivity index is 1.45. The van der Waals surface area contributed by atoms with Crippen LogP contribution in [0.4, 0.5) is 0 Å². The van der Waals surface area contributed by atoms with Gasteiger partial charge in [0.05, 0.1) is 5.69 Å². The van der Waals surface area contributed by atoms with Crippen LogP contribution in [-0.2, 0) is 28.9 Å². The maximum atomic E-state index is 12.8. The minimum Gasteiger partial charge on any atom is -0.448 e. The second kappa shape index (κ2) is 8.71. The number of esters is 1. The number of hydrogen-bond donors (Lipinski definition) is 1. The van der Waals surface area contributed by atoms with E-state index < -0.39 is 12.1 Å².